The van der Waals surface area contributed by atoms with E-state index >= 15 is 0 Å². The van der Waals surface area contributed by atoms with Gasteiger partial charge in [0.15, 0.2) is 0 Å². The molecule has 1 aromatic heterocycles. The summed E-state index contributed by atoms with van der Waals surface area (Å²) in [5.74, 6) is 2.02. The van der Waals surface area contributed by atoms with E-state index in [0.29, 0.717) is 0 Å². The zero-order valence-electron chi connectivity index (χ0n) is 6.75. The second-order valence-electron chi connectivity index (χ2n) is 2.10. The fraction of sp³-hybridized carbons (Fsp3) is 0.571. The van der Waals surface area contributed by atoms with Gasteiger partial charge in [0.05, 0.1) is 16.6 Å². The first-order valence-corrected chi connectivity index (χ1v) is 6.26. The standard InChI is InChI=1S/C7H10BrNOS2/c1-10-2-3-11-5-7-9-4-6(8)12-7/h4H,2-3,5H2,1H3. The lowest BCUT2D eigenvalue weighted by Crippen LogP contribution is -1.91. The molecule has 1 rings (SSSR count). The minimum absolute atomic E-state index is 0.817. The van der Waals surface area contributed by atoms with Crippen molar-refractivity contribution in [3.05, 3.63) is 15.0 Å². The van der Waals surface area contributed by atoms with E-state index in [4.69, 9.17) is 4.74 Å². The van der Waals surface area contributed by atoms with Crippen LogP contribution in [0.1, 0.15) is 5.01 Å². The van der Waals surface area contributed by atoms with Crippen molar-refractivity contribution in [3.8, 4) is 0 Å². The van der Waals surface area contributed by atoms with E-state index in [1.807, 2.05) is 18.0 Å². The van der Waals surface area contributed by atoms with Crippen LogP contribution in [0, 0.1) is 0 Å². The van der Waals surface area contributed by atoms with Gasteiger partial charge < -0.3 is 4.74 Å². The molecule has 0 N–H and O–H groups in total. The maximum absolute atomic E-state index is 4.94. The van der Waals surface area contributed by atoms with Crippen molar-refractivity contribution in [3.63, 3.8) is 0 Å². The highest BCUT2D eigenvalue weighted by Crippen LogP contribution is 2.22. The molecular weight excluding hydrogens is 258 g/mol. The summed E-state index contributed by atoms with van der Waals surface area (Å²) in [6.45, 7) is 0.817. The zero-order valence-corrected chi connectivity index (χ0v) is 9.97. The minimum Gasteiger partial charge on any atom is -0.384 e. The quantitative estimate of drug-likeness (QED) is 0.767. The molecule has 0 atom stereocenters. The molecule has 1 aromatic rings. The average Bonchev–Trinajstić information content (AvgIpc) is 2.45. The zero-order chi connectivity index (χ0) is 8.81. The lowest BCUT2D eigenvalue weighted by atomic mass is 10.8. The van der Waals surface area contributed by atoms with Crippen molar-refractivity contribution < 1.29 is 4.74 Å². The average molecular weight is 268 g/mol. The van der Waals surface area contributed by atoms with Crippen molar-refractivity contribution in [1.82, 2.24) is 4.98 Å². The van der Waals surface area contributed by atoms with Gasteiger partial charge in [-0.25, -0.2) is 4.98 Å². The number of aromatic nitrogens is 1. The Labute approximate surface area is 88.9 Å². The molecule has 0 radical (unpaired) electrons. The van der Waals surface area contributed by atoms with E-state index in [1.54, 1.807) is 18.4 Å². The predicted molar refractivity (Wildman–Crippen MR) is 57.9 cm³/mol. The van der Waals surface area contributed by atoms with Crippen molar-refractivity contribution in [1.29, 1.82) is 0 Å². The molecule has 0 aliphatic rings. The number of thioether (sulfide) groups is 1. The smallest absolute Gasteiger partial charge is 0.104 e. The molecule has 12 heavy (non-hydrogen) atoms. The van der Waals surface area contributed by atoms with Crippen LogP contribution in [-0.4, -0.2) is 24.5 Å². The normalized spacial score (nSPS) is 10.5. The molecule has 0 saturated heterocycles. The molecule has 0 amide bonds. The van der Waals surface area contributed by atoms with Gasteiger partial charge in [-0.1, -0.05) is 0 Å². The second-order valence-corrected chi connectivity index (χ2v) is 5.70. The molecule has 0 unspecified atom stereocenters. The molecule has 2 nitrogen and oxygen atoms in total. The van der Waals surface area contributed by atoms with Crippen molar-refractivity contribution in [2.75, 3.05) is 19.5 Å². The number of hydrogen-bond acceptors (Lipinski definition) is 4. The number of methoxy groups -OCH3 is 1. The van der Waals surface area contributed by atoms with Crippen LogP contribution in [0.3, 0.4) is 0 Å². The first kappa shape index (κ1) is 10.5. The van der Waals surface area contributed by atoms with Gasteiger partial charge in [0.25, 0.3) is 0 Å². The largest absolute Gasteiger partial charge is 0.384 e. The number of nitrogens with zero attached hydrogens (tertiary/aromatic N) is 1. The van der Waals surface area contributed by atoms with Crippen molar-refractivity contribution in [2.45, 2.75) is 5.75 Å². The molecular formula is C7H10BrNOS2. The molecule has 0 aromatic carbocycles. The highest BCUT2D eigenvalue weighted by molar-refractivity contribution is 9.11. The Balaban J connectivity index is 2.15. The Morgan fingerprint density at radius 2 is 2.58 bits per heavy atom. The van der Waals surface area contributed by atoms with Gasteiger partial charge in [-0.05, 0) is 15.9 Å². The molecule has 0 fully saturated rings. The fourth-order valence-electron chi connectivity index (χ4n) is 0.656. The highest BCUT2D eigenvalue weighted by atomic mass is 79.9. The summed E-state index contributed by atoms with van der Waals surface area (Å²) in [6.07, 6.45) is 1.84. The lowest BCUT2D eigenvalue weighted by Gasteiger charge is -1.96. The van der Waals surface area contributed by atoms with Crippen LogP contribution in [-0.2, 0) is 10.5 Å². The van der Waals surface area contributed by atoms with E-state index in [2.05, 4.69) is 20.9 Å². The van der Waals surface area contributed by atoms with Crippen LogP contribution in [0.15, 0.2) is 9.98 Å². The van der Waals surface area contributed by atoms with Crippen LogP contribution in [0.5, 0.6) is 0 Å². The third-order valence-electron chi connectivity index (χ3n) is 1.18. The maximum Gasteiger partial charge on any atom is 0.104 e. The number of rotatable bonds is 5. The highest BCUT2D eigenvalue weighted by Gasteiger charge is 1.98. The van der Waals surface area contributed by atoms with Gasteiger partial charge >= 0.3 is 0 Å². The third kappa shape index (κ3) is 3.89. The molecule has 0 bridgehead atoms. The number of thiazole rings is 1. The van der Waals surface area contributed by atoms with Crippen molar-refractivity contribution in [2.24, 2.45) is 0 Å². The molecule has 1 heterocycles. The minimum atomic E-state index is 0.817. The van der Waals surface area contributed by atoms with Gasteiger partial charge in [0.2, 0.25) is 0 Å². The summed E-state index contributed by atoms with van der Waals surface area (Å²) in [5.41, 5.74) is 0. The molecule has 68 valence electrons. The fourth-order valence-corrected chi connectivity index (χ4v) is 2.92. The first-order valence-electron chi connectivity index (χ1n) is 3.50. The van der Waals surface area contributed by atoms with Gasteiger partial charge in [-0.3, -0.25) is 0 Å². The Morgan fingerprint density at radius 1 is 1.75 bits per heavy atom. The Bertz CT molecular complexity index is 229. The summed E-state index contributed by atoms with van der Waals surface area (Å²) in [7, 11) is 1.72. The van der Waals surface area contributed by atoms with E-state index in [9.17, 15) is 0 Å². The molecule has 0 saturated carbocycles. The Kier molecular flexibility index (Phi) is 5.22. The summed E-state index contributed by atoms with van der Waals surface area (Å²) < 4.78 is 6.04. The van der Waals surface area contributed by atoms with Gasteiger partial charge in [0.1, 0.15) is 5.01 Å². The van der Waals surface area contributed by atoms with Crippen LogP contribution in [0.25, 0.3) is 0 Å². The predicted octanol–water partition coefficient (Wildman–Crippen LogP) is 2.79. The third-order valence-corrected chi connectivity index (χ3v) is 3.77. The molecule has 0 aliphatic carbocycles. The summed E-state index contributed by atoms with van der Waals surface area (Å²) in [4.78, 5) is 4.22. The maximum atomic E-state index is 4.94. The SMILES string of the molecule is COCCSCc1ncc(Br)s1. The topological polar surface area (TPSA) is 22.1 Å². The van der Waals surface area contributed by atoms with Gasteiger partial charge in [-0.2, -0.15) is 11.8 Å². The van der Waals surface area contributed by atoms with Gasteiger partial charge in [-0.15, -0.1) is 11.3 Å². The second kappa shape index (κ2) is 5.96. The van der Waals surface area contributed by atoms with E-state index < -0.39 is 0 Å². The van der Waals surface area contributed by atoms with Crippen LogP contribution in [0.2, 0.25) is 0 Å². The van der Waals surface area contributed by atoms with Crippen LogP contribution >= 0.6 is 39.0 Å². The molecule has 0 aliphatic heterocycles. The van der Waals surface area contributed by atoms with E-state index in [0.717, 1.165) is 21.9 Å². The van der Waals surface area contributed by atoms with Crippen LogP contribution in [0.4, 0.5) is 0 Å². The van der Waals surface area contributed by atoms with E-state index in [1.165, 1.54) is 5.01 Å². The van der Waals surface area contributed by atoms with E-state index in [-0.39, 0.29) is 0 Å². The Hall–Kier alpha value is 0.420. The van der Waals surface area contributed by atoms with Gasteiger partial charge in [0, 0.05) is 18.6 Å². The molecule has 5 heteroatoms. The van der Waals surface area contributed by atoms with Crippen LogP contribution < -0.4 is 0 Å². The number of hydrogen-bond donors (Lipinski definition) is 0. The summed E-state index contributed by atoms with van der Waals surface area (Å²) in [6, 6.07) is 0. The molecule has 0 spiro atoms. The summed E-state index contributed by atoms with van der Waals surface area (Å²) >= 11 is 6.91. The number of ether oxygens (including phenoxy) is 1. The summed E-state index contributed by atoms with van der Waals surface area (Å²) in [5, 5.41) is 1.17. The van der Waals surface area contributed by atoms with Crippen molar-refractivity contribution >= 4 is 39.0 Å². The number of halogens is 1. The first-order chi connectivity index (χ1) is 5.83. The lowest BCUT2D eigenvalue weighted by molar-refractivity contribution is 0.218. The Morgan fingerprint density at radius 3 is 3.17 bits per heavy atom. The monoisotopic (exact) mass is 267 g/mol.